The van der Waals surface area contributed by atoms with Gasteiger partial charge in [0.05, 0.1) is 0 Å². The SMILES string of the molecule is CCCN1CCC(NC(=O)C2CC(c3ccc(Br)cc3)NN2)CC1. The molecule has 0 aliphatic carbocycles. The minimum absolute atomic E-state index is 0.121. The van der Waals surface area contributed by atoms with Crippen molar-refractivity contribution in [3.63, 3.8) is 0 Å². The van der Waals surface area contributed by atoms with Gasteiger partial charge in [-0.25, -0.2) is 10.9 Å². The van der Waals surface area contributed by atoms with Crippen LogP contribution in [0.1, 0.15) is 44.2 Å². The van der Waals surface area contributed by atoms with Gasteiger partial charge in [-0.2, -0.15) is 0 Å². The molecule has 2 fully saturated rings. The van der Waals surface area contributed by atoms with E-state index in [1.54, 1.807) is 0 Å². The summed E-state index contributed by atoms with van der Waals surface area (Å²) >= 11 is 3.45. The molecule has 3 N–H and O–H groups in total. The summed E-state index contributed by atoms with van der Waals surface area (Å²) in [5.74, 6) is 0.121. The Morgan fingerprint density at radius 1 is 1.25 bits per heavy atom. The van der Waals surface area contributed by atoms with Crippen molar-refractivity contribution in [3.05, 3.63) is 34.3 Å². The van der Waals surface area contributed by atoms with E-state index in [9.17, 15) is 4.79 Å². The van der Waals surface area contributed by atoms with Gasteiger partial charge >= 0.3 is 0 Å². The molecule has 0 bridgehead atoms. The molecular weight excluding hydrogens is 368 g/mol. The molecule has 0 spiro atoms. The van der Waals surface area contributed by atoms with E-state index in [-0.39, 0.29) is 18.0 Å². The molecule has 6 heteroatoms. The Morgan fingerprint density at radius 2 is 1.96 bits per heavy atom. The normalized spacial score (nSPS) is 25.8. The van der Waals surface area contributed by atoms with Crippen molar-refractivity contribution in [2.24, 2.45) is 0 Å². The van der Waals surface area contributed by atoms with Crippen LogP contribution in [-0.4, -0.2) is 42.5 Å². The molecule has 0 aromatic heterocycles. The third kappa shape index (κ3) is 4.57. The van der Waals surface area contributed by atoms with Crippen molar-refractivity contribution in [1.82, 2.24) is 21.1 Å². The number of piperidine rings is 1. The maximum atomic E-state index is 12.5. The molecule has 5 nitrogen and oxygen atoms in total. The smallest absolute Gasteiger partial charge is 0.238 e. The molecule has 0 radical (unpaired) electrons. The van der Waals surface area contributed by atoms with Crippen molar-refractivity contribution in [1.29, 1.82) is 0 Å². The number of hydrazine groups is 1. The van der Waals surface area contributed by atoms with Crippen LogP contribution in [-0.2, 0) is 4.79 Å². The van der Waals surface area contributed by atoms with Crippen LogP contribution in [0, 0.1) is 0 Å². The standard InChI is InChI=1S/C18H27BrN4O/c1-2-9-23-10-7-15(8-11-23)20-18(24)17-12-16(21-22-17)13-3-5-14(19)6-4-13/h3-6,15-17,21-22H,2,7-12H2,1H3,(H,20,24). The summed E-state index contributed by atoms with van der Waals surface area (Å²) in [5, 5.41) is 3.23. The second-order valence-corrected chi connectivity index (χ2v) is 7.72. The first-order chi connectivity index (χ1) is 11.7. The van der Waals surface area contributed by atoms with Crippen LogP contribution < -0.4 is 16.2 Å². The van der Waals surface area contributed by atoms with Gasteiger partial charge < -0.3 is 10.2 Å². The van der Waals surface area contributed by atoms with Crippen molar-refractivity contribution < 1.29 is 4.79 Å². The number of carbonyl (C=O) groups is 1. The molecule has 2 aliphatic heterocycles. The number of carbonyl (C=O) groups excluding carboxylic acids is 1. The van der Waals surface area contributed by atoms with E-state index in [0.717, 1.165) is 36.8 Å². The fourth-order valence-electron chi connectivity index (χ4n) is 3.56. The zero-order valence-corrected chi connectivity index (χ0v) is 15.8. The average molecular weight is 395 g/mol. The lowest BCUT2D eigenvalue weighted by Crippen LogP contribution is -2.50. The Bertz CT molecular complexity index is 542. The first kappa shape index (κ1) is 17.9. The molecule has 1 amide bonds. The van der Waals surface area contributed by atoms with Gasteiger partial charge in [0, 0.05) is 29.6 Å². The highest BCUT2D eigenvalue weighted by molar-refractivity contribution is 9.10. The number of halogens is 1. The lowest BCUT2D eigenvalue weighted by Gasteiger charge is -2.32. The highest BCUT2D eigenvalue weighted by atomic mass is 79.9. The Hall–Kier alpha value is -0.950. The van der Waals surface area contributed by atoms with Gasteiger partial charge in [-0.15, -0.1) is 0 Å². The monoisotopic (exact) mass is 394 g/mol. The van der Waals surface area contributed by atoms with Crippen LogP contribution in [0.25, 0.3) is 0 Å². The topological polar surface area (TPSA) is 56.4 Å². The molecule has 2 unspecified atom stereocenters. The fourth-order valence-corrected chi connectivity index (χ4v) is 3.83. The predicted molar refractivity (Wildman–Crippen MR) is 99.5 cm³/mol. The summed E-state index contributed by atoms with van der Waals surface area (Å²) in [5.41, 5.74) is 7.61. The van der Waals surface area contributed by atoms with Crippen molar-refractivity contribution in [2.45, 2.75) is 50.7 Å². The molecule has 1 aromatic rings. The minimum Gasteiger partial charge on any atom is -0.352 e. The van der Waals surface area contributed by atoms with Crippen LogP contribution >= 0.6 is 15.9 Å². The molecule has 0 saturated carbocycles. The maximum Gasteiger partial charge on any atom is 0.238 e. The highest BCUT2D eigenvalue weighted by Crippen LogP contribution is 2.24. The van der Waals surface area contributed by atoms with E-state index in [2.05, 4.69) is 56.1 Å². The molecule has 2 aliphatic rings. The zero-order chi connectivity index (χ0) is 16.9. The number of hydrogen-bond acceptors (Lipinski definition) is 4. The van der Waals surface area contributed by atoms with Crippen LogP contribution in [0.15, 0.2) is 28.7 Å². The Labute approximate surface area is 152 Å². The van der Waals surface area contributed by atoms with Gasteiger partial charge in [0.1, 0.15) is 6.04 Å². The summed E-state index contributed by atoms with van der Waals surface area (Å²) < 4.78 is 1.07. The van der Waals surface area contributed by atoms with Crippen molar-refractivity contribution in [2.75, 3.05) is 19.6 Å². The van der Waals surface area contributed by atoms with E-state index in [0.29, 0.717) is 6.04 Å². The predicted octanol–water partition coefficient (Wildman–Crippen LogP) is 2.35. The second kappa shape index (κ2) is 8.43. The summed E-state index contributed by atoms with van der Waals surface area (Å²) in [6, 6.07) is 8.59. The third-order valence-corrected chi connectivity index (χ3v) is 5.49. The third-order valence-electron chi connectivity index (χ3n) is 4.97. The van der Waals surface area contributed by atoms with Crippen LogP contribution in [0.4, 0.5) is 0 Å². The first-order valence-corrected chi connectivity index (χ1v) is 9.74. The number of hydrogen-bond donors (Lipinski definition) is 3. The molecular formula is C18H27BrN4O. The Morgan fingerprint density at radius 3 is 2.62 bits per heavy atom. The van der Waals surface area contributed by atoms with Crippen LogP contribution in [0.2, 0.25) is 0 Å². The van der Waals surface area contributed by atoms with Gasteiger partial charge in [0.2, 0.25) is 5.91 Å². The molecule has 1 aromatic carbocycles. The average Bonchev–Trinajstić information content (AvgIpc) is 3.08. The zero-order valence-electron chi connectivity index (χ0n) is 14.2. The maximum absolute atomic E-state index is 12.5. The van der Waals surface area contributed by atoms with Gasteiger partial charge in [-0.1, -0.05) is 35.0 Å². The minimum atomic E-state index is -0.160. The summed E-state index contributed by atoms with van der Waals surface area (Å²) in [6.07, 6.45) is 4.10. The Kier molecular flexibility index (Phi) is 6.27. The van der Waals surface area contributed by atoms with E-state index >= 15 is 0 Å². The lowest BCUT2D eigenvalue weighted by atomic mass is 10.0. The molecule has 24 heavy (non-hydrogen) atoms. The number of rotatable bonds is 5. The molecule has 132 valence electrons. The van der Waals surface area contributed by atoms with E-state index in [4.69, 9.17) is 0 Å². The number of likely N-dealkylation sites (tertiary alicyclic amines) is 1. The van der Waals surface area contributed by atoms with Crippen LogP contribution in [0.5, 0.6) is 0 Å². The lowest BCUT2D eigenvalue weighted by molar-refractivity contribution is -0.123. The second-order valence-electron chi connectivity index (χ2n) is 6.81. The van der Waals surface area contributed by atoms with Crippen LogP contribution in [0.3, 0.4) is 0 Å². The highest BCUT2D eigenvalue weighted by Gasteiger charge is 2.31. The van der Waals surface area contributed by atoms with Gasteiger partial charge in [-0.3, -0.25) is 4.79 Å². The van der Waals surface area contributed by atoms with Crippen molar-refractivity contribution >= 4 is 21.8 Å². The number of benzene rings is 1. The molecule has 3 rings (SSSR count). The van der Waals surface area contributed by atoms with Gasteiger partial charge in [0.25, 0.3) is 0 Å². The number of nitrogens with zero attached hydrogens (tertiary/aromatic N) is 1. The fraction of sp³-hybridized carbons (Fsp3) is 0.611. The molecule has 2 heterocycles. The van der Waals surface area contributed by atoms with E-state index in [1.165, 1.54) is 18.5 Å². The number of amides is 1. The van der Waals surface area contributed by atoms with Crippen molar-refractivity contribution in [3.8, 4) is 0 Å². The molecule has 2 saturated heterocycles. The quantitative estimate of drug-likeness (QED) is 0.717. The van der Waals surface area contributed by atoms with E-state index in [1.807, 2.05) is 12.1 Å². The van der Waals surface area contributed by atoms with E-state index < -0.39 is 0 Å². The first-order valence-electron chi connectivity index (χ1n) is 8.95. The Balaban J connectivity index is 1.46. The number of nitrogens with one attached hydrogen (secondary N) is 3. The largest absolute Gasteiger partial charge is 0.352 e. The van der Waals surface area contributed by atoms with Gasteiger partial charge in [0.15, 0.2) is 0 Å². The summed E-state index contributed by atoms with van der Waals surface area (Å²) in [6.45, 7) is 5.57. The summed E-state index contributed by atoms with van der Waals surface area (Å²) in [4.78, 5) is 15.0. The summed E-state index contributed by atoms with van der Waals surface area (Å²) in [7, 11) is 0. The molecule has 2 atom stereocenters. The van der Waals surface area contributed by atoms with Gasteiger partial charge in [-0.05, 0) is 49.9 Å².